The van der Waals surface area contributed by atoms with E-state index in [2.05, 4.69) is 5.32 Å². The minimum Gasteiger partial charge on any atom is -0.455 e. The predicted octanol–water partition coefficient (Wildman–Crippen LogP) is 3.72. The van der Waals surface area contributed by atoms with Crippen molar-refractivity contribution in [1.29, 1.82) is 0 Å². The van der Waals surface area contributed by atoms with Crippen molar-refractivity contribution in [2.75, 3.05) is 11.9 Å². The van der Waals surface area contributed by atoms with Gasteiger partial charge in [0.05, 0.1) is 10.6 Å². The lowest BCUT2D eigenvalue weighted by molar-refractivity contribution is 0.234. The van der Waals surface area contributed by atoms with Crippen LogP contribution in [0.15, 0.2) is 35.2 Å². The molecule has 0 aromatic heterocycles. The Morgan fingerprint density at radius 1 is 1.08 bits per heavy atom. The van der Waals surface area contributed by atoms with Crippen LogP contribution < -0.4 is 10.1 Å². The number of hydrogen-bond acceptors (Lipinski definition) is 4. The smallest absolute Gasteiger partial charge is 0.341 e. The summed E-state index contributed by atoms with van der Waals surface area (Å²) in [5.74, 6) is -5.25. The van der Waals surface area contributed by atoms with Crippen LogP contribution in [0.2, 0.25) is 0 Å². The standard InChI is InChI=1S/C15H11F4NO3S/c16-8-5-9(17)7-10(6-8)23-12-1-2-13(24(21,22)15(18)19)11-3-4-20-14(11)12/h1-2,5-7,15,20H,3-4H2. The van der Waals surface area contributed by atoms with Crippen LogP contribution >= 0.6 is 0 Å². The van der Waals surface area contributed by atoms with Crippen molar-refractivity contribution >= 4 is 15.5 Å². The SMILES string of the molecule is O=S(=O)(c1ccc(Oc2cc(F)cc(F)c2)c2c1CCN2)C(F)F. The average Bonchev–Trinajstić information content (AvgIpc) is 2.95. The van der Waals surface area contributed by atoms with E-state index < -0.39 is 32.1 Å². The first-order valence-electron chi connectivity index (χ1n) is 6.85. The first kappa shape index (κ1) is 16.6. The van der Waals surface area contributed by atoms with E-state index in [-0.39, 0.29) is 29.2 Å². The highest BCUT2D eigenvalue weighted by atomic mass is 32.2. The summed E-state index contributed by atoms with van der Waals surface area (Å²) in [6, 6.07) is 4.77. The Bertz CT molecular complexity index is 880. The van der Waals surface area contributed by atoms with Crippen molar-refractivity contribution < 1.29 is 30.7 Å². The van der Waals surface area contributed by atoms with Gasteiger partial charge in [-0.3, -0.25) is 0 Å². The molecule has 0 spiro atoms. The summed E-state index contributed by atoms with van der Waals surface area (Å²) in [5.41, 5.74) is 0.395. The number of nitrogens with one attached hydrogen (secondary N) is 1. The zero-order valence-electron chi connectivity index (χ0n) is 12.0. The first-order chi connectivity index (χ1) is 11.3. The highest BCUT2D eigenvalue weighted by Crippen LogP contribution is 2.40. The molecule has 0 radical (unpaired) electrons. The molecule has 2 aromatic carbocycles. The van der Waals surface area contributed by atoms with Gasteiger partial charge in [0.2, 0.25) is 9.84 Å². The molecule has 0 saturated heterocycles. The Balaban J connectivity index is 2.04. The van der Waals surface area contributed by atoms with E-state index in [0.29, 0.717) is 12.6 Å². The molecule has 2 aromatic rings. The summed E-state index contributed by atoms with van der Waals surface area (Å²) < 4.78 is 80.8. The first-order valence-corrected chi connectivity index (χ1v) is 8.39. The molecule has 24 heavy (non-hydrogen) atoms. The quantitative estimate of drug-likeness (QED) is 0.844. The molecule has 1 heterocycles. The molecule has 4 nitrogen and oxygen atoms in total. The van der Waals surface area contributed by atoms with Gasteiger partial charge in [-0.05, 0) is 24.1 Å². The molecule has 1 aliphatic heterocycles. The largest absolute Gasteiger partial charge is 0.455 e. The van der Waals surface area contributed by atoms with Crippen LogP contribution in [0.3, 0.4) is 0 Å². The van der Waals surface area contributed by atoms with E-state index in [4.69, 9.17) is 4.74 Å². The highest BCUT2D eigenvalue weighted by molar-refractivity contribution is 7.91. The molecule has 128 valence electrons. The molecule has 0 unspecified atom stereocenters. The number of sulfone groups is 1. The van der Waals surface area contributed by atoms with Gasteiger partial charge >= 0.3 is 5.76 Å². The van der Waals surface area contributed by atoms with Gasteiger partial charge in [0.1, 0.15) is 17.4 Å². The van der Waals surface area contributed by atoms with Crippen molar-refractivity contribution in [3.05, 3.63) is 47.5 Å². The number of alkyl halides is 2. The van der Waals surface area contributed by atoms with Crippen LogP contribution in [0.1, 0.15) is 5.56 Å². The van der Waals surface area contributed by atoms with Crippen LogP contribution in [-0.2, 0) is 16.3 Å². The van der Waals surface area contributed by atoms with Crippen LogP contribution in [0.4, 0.5) is 23.2 Å². The summed E-state index contributed by atoms with van der Waals surface area (Å²) in [7, 11) is -4.75. The Morgan fingerprint density at radius 3 is 2.38 bits per heavy atom. The highest BCUT2D eigenvalue weighted by Gasteiger charge is 2.32. The summed E-state index contributed by atoms with van der Waals surface area (Å²) >= 11 is 0. The van der Waals surface area contributed by atoms with Crippen molar-refractivity contribution in [2.24, 2.45) is 0 Å². The topological polar surface area (TPSA) is 55.4 Å². The van der Waals surface area contributed by atoms with Gasteiger partial charge in [-0.15, -0.1) is 0 Å². The van der Waals surface area contributed by atoms with Crippen molar-refractivity contribution in [1.82, 2.24) is 0 Å². The number of fused-ring (bicyclic) bond motifs is 1. The number of hydrogen-bond donors (Lipinski definition) is 1. The lowest BCUT2D eigenvalue weighted by Gasteiger charge is -2.14. The monoisotopic (exact) mass is 361 g/mol. The van der Waals surface area contributed by atoms with Gasteiger partial charge in [-0.1, -0.05) is 0 Å². The van der Waals surface area contributed by atoms with Crippen molar-refractivity contribution in [3.8, 4) is 11.5 Å². The van der Waals surface area contributed by atoms with E-state index in [0.717, 1.165) is 18.2 Å². The van der Waals surface area contributed by atoms with Crippen molar-refractivity contribution in [2.45, 2.75) is 17.1 Å². The maximum Gasteiger partial charge on any atom is 0.341 e. The Kier molecular flexibility index (Phi) is 4.12. The maximum atomic E-state index is 13.2. The molecule has 0 saturated carbocycles. The van der Waals surface area contributed by atoms with Gasteiger partial charge < -0.3 is 10.1 Å². The van der Waals surface area contributed by atoms with Gasteiger partial charge in [0, 0.05) is 24.7 Å². The fourth-order valence-electron chi connectivity index (χ4n) is 2.52. The third-order valence-corrected chi connectivity index (χ3v) is 4.98. The summed E-state index contributed by atoms with van der Waals surface area (Å²) in [5, 5.41) is 2.85. The molecule has 0 bridgehead atoms. The molecular formula is C15H11F4NO3S. The molecule has 1 aliphatic rings. The second kappa shape index (κ2) is 5.97. The van der Waals surface area contributed by atoms with E-state index in [1.807, 2.05) is 0 Å². The van der Waals surface area contributed by atoms with Gasteiger partial charge in [0.15, 0.2) is 5.75 Å². The molecule has 9 heteroatoms. The van der Waals surface area contributed by atoms with E-state index in [1.54, 1.807) is 0 Å². The molecule has 3 rings (SSSR count). The number of halogens is 4. The Hall–Kier alpha value is -2.29. The fourth-order valence-corrected chi connectivity index (χ4v) is 3.52. The number of benzene rings is 2. The lowest BCUT2D eigenvalue weighted by Crippen LogP contribution is -2.13. The minimum absolute atomic E-state index is 0.0979. The summed E-state index contributed by atoms with van der Waals surface area (Å²) in [6.07, 6.45) is 0.214. The fraction of sp³-hybridized carbons (Fsp3) is 0.200. The van der Waals surface area contributed by atoms with Crippen LogP contribution in [-0.4, -0.2) is 20.7 Å². The summed E-state index contributed by atoms with van der Waals surface area (Å²) in [4.78, 5) is -0.477. The van der Waals surface area contributed by atoms with Gasteiger partial charge in [0.25, 0.3) is 0 Å². The molecule has 1 N–H and O–H groups in total. The number of ether oxygens (including phenoxy) is 1. The summed E-state index contributed by atoms with van der Waals surface area (Å²) in [6.45, 7) is 0.332. The molecular weight excluding hydrogens is 350 g/mol. The maximum absolute atomic E-state index is 13.2. The van der Waals surface area contributed by atoms with E-state index >= 15 is 0 Å². The second-order valence-corrected chi connectivity index (χ2v) is 6.99. The van der Waals surface area contributed by atoms with Gasteiger partial charge in [-0.25, -0.2) is 17.2 Å². The van der Waals surface area contributed by atoms with Crippen molar-refractivity contribution in [3.63, 3.8) is 0 Å². The molecule has 0 atom stereocenters. The second-order valence-electron chi connectivity index (χ2n) is 5.11. The van der Waals surface area contributed by atoms with Gasteiger partial charge in [-0.2, -0.15) is 8.78 Å². The number of anilines is 1. The molecule has 0 fully saturated rings. The molecule has 0 aliphatic carbocycles. The minimum atomic E-state index is -4.75. The van der Waals surface area contributed by atoms with Crippen LogP contribution in [0.5, 0.6) is 11.5 Å². The normalized spacial score (nSPS) is 13.7. The third-order valence-electron chi connectivity index (χ3n) is 3.51. The van der Waals surface area contributed by atoms with E-state index in [1.165, 1.54) is 6.07 Å². The molecule has 0 amide bonds. The van der Waals surface area contributed by atoms with E-state index in [9.17, 15) is 26.0 Å². The van der Waals surface area contributed by atoms with Crippen LogP contribution in [0.25, 0.3) is 0 Å². The zero-order chi connectivity index (χ0) is 17.5. The predicted molar refractivity (Wildman–Crippen MR) is 78.3 cm³/mol. The Labute approximate surface area is 135 Å². The van der Waals surface area contributed by atoms with Crippen LogP contribution in [0, 0.1) is 11.6 Å². The average molecular weight is 361 g/mol. The zero-order valence-corrected chi connectivity index (χ0v) is 12.8. The third kappa shape index (κ3) is 2.91. The Morgan fingerprint density at radius 2 is 1.75 bits per heavy atom. The lowest BCUT2D eigenvalue weighted by atomic mass is 10.1. The number of rotatable bonds is 4.